The highest BCUT2D eigenvalue weighted by molar-refractivity contribution is 5.69. The van der Waals surface area contributed by atoms with E-state index in [1.54, 1.807) is 0 Å². The molecule has 0 aliphatic rings. The molecule has 0 aliphatic carbocycles. The van der Waals surface area contributed by atoms with E-state index in [9.17, 15) is 9.59 Å². The molecule has 3 N–H and O–H groups in total. The maximum absolute atomic E-state index is 10.8. The van der Waals surface area contributed by atoms with Crippen LogP contribution in [0.1, 0.15) is 0 Å². The van der Waals surface area contributed by atoms with Gasteiger partial charge in [-0.25, -0.2) is 4.79 Å². The average Bonchev–Trinajstić information content (AvgIpc) is 2.13. The van der Waals surface area contributed by atoms with Gasteiger partial charge in [-0.1, -0.05) is 12.7 Å². The third kappa shape index (κ3) is 8.54. The molecule has 0 aromatic carbocycles. The van der Waals surface area contributed by atoms with Crippen LogP contribution in [0.3, 0.4) is 0 Å². The Kier molecular flexibility index (Phi) is 7.16. The SMILES string of the molecule is C=CCOC(=O)NCCNCC(=O)O. The van der Waals surface area contributed by atoms with Crippen molar-refractivity contribution in [3.05, 3.63) is 12.7 Å². The molecule has 6 nitrogen and oxygen atoms in total. The summed E-state index contributed by atoms with van der Waals surface area (Å²) in [5.74, 6) is -0.931. The highest BCUT2D eigenvalue weighted by Crippen LogP contribution is 1.76. The van der Waals surface area contributed by atoms with Crippen LogP contribution in [0.5, 0.6) is 0 Å². The number of carbonyl (C=O) groups excluding carboxylic acids is 1. The molecule has 0 aromatic heterocycles. The fourth-order valence-electron chi connectivity index (χ4n) is 0.634. The summed E-state index contributed by atoms with van der Waals surface area (Å²) in [6.07, 6.45) is 0.921. The summed E-state index contributed by atoms with van der Waals surface area (Å²) in [5, 5.41) is 13.3. The molecule has 0 bridgehead atoms. The van der Waals surface area contributed by atoms with Crippen molar-refractivity contribution in [2.45, 2.75) is 0 Å². The molecule has 0 fully saturated rings. The number of hydrogen-bond donors (Lipinski definition) is 3. The molecular weight excluding hydrogens is 188 g/mol. The van der Waals surface area contributed by atoms with E-state index in [1.807, 2.05) is 0 Å². The van der Waals surface area contributed by atoms with Crippen LogP contribution in [0.2, 0.25) is 0 Å². The zero-order valence-electron chi connectivity index (χ0n) is 7.78. The molecule has 0 spiro atoms. The molecular formula is C8H14N2O4. The molecule has 0 unspecified atom stereocenters. The molecule has 80 valence electrons. The van der Waals surface area contributed by atoms with Crippen molar-refractivity contribution in [2.75, 3.05) is 26.2 Å². The number of hydrogen-bond acceptors (Lipinski definition) is 4. The molecule has 0 aromatic rings. The van der Waals surface area contributed by atoms with Gasteiger partial charge in [-0.05, 0) is 0 Å². The minimum atomic E-state index is -0.931. The van der Waals surface area contributed by atoms with Crippen molar-refractivity contribution in [3.8, 4) is 0 Å². The van der Waals surface area contributed by atoms with Crippen LogP contribution in [0.15, 0.2) is 12.7 Å². The Balaban J connectivity index is 3.22. The van der Waals surface area contributed by atoms with Crippen LogP contribution in [-0.2, 0) is 9.53 Å². The fourth-order valence-corrected chi connectivity index (χ4v) is 0.634. The third-order valence-corrected chi connectivity index (χ3v) is 1.18. The minimum Gasteiger partial charge on any atom is -0.480 e. The molecule has 14 heavy (non-hydrogen) atoms. The summed E-state index contributed by atoms with van der Waals surface area (Å²) < 4.78 is 4.61. The number of ether oxygens (including phenoxy) is 1. The first-order valence-corrected chi connectivity index (χ1v) is 4.11. The van der Waals surface area contributed by atoms with Gasteiger partial charge in [-0.15, -0.1) is 0 Å². The standard InChI is InChI=1S/C8H14N2O4/c1-2-5-14-8(13)10-4-3-9-6-7(11)12/h2,9H,1,3-6H2,(H,10,13)(H,11,12). The van der Waals surface area contributed by atoms with Gasteiger partial charge < -0.3 is 20.5 Å². The van der Waals surface area contributed by atoms with Crippen molar-refractivity contribution < 1.29 is 19.4 Å². The summed E-state index contributed by atoms with van der Waals surface area (Å²) in [5.41, 5.74) is 0. The number of carbonyl (C=O) groups is 2. The van der Waals surface area contributed by atoms with Gasteiger partial charge in [0.1, 0.15) is 6.61 Å². The highest BCUT2D eigenvalue weighted by atomic mass is 16.5. The maximum Gasteiger partial charge on any atom is 0.407 e. The first-order valence-electron chi connectivity index (χ1n) is 4.11. The lowest BCUT2D eigenvalue weighted by atomic mass is 10.5. The summed E-state index contributed by atoms with van der Waals surface area (Å²) in [4.78, 5) is 20.8. The van der Waals surface area contributed by atoms with E-state index >= 15 is 0 Å². The lowest BCUT2D eigenvalue weighted by Crippen LogP contribution is -2.34. The minimum absolute atomic E-state index is 0.122. The smallest absolute Gasteiger partial charge is 0.407 e. The van der Waals surface area contributed by atoms with E-state index in [1.165, 1.54) is 6.08 Å². The second-order valence-electron chi connectivity index (χ2n) is 2.38. The number of alkyl carbamates (subject to hydrolysis) is 1. The van der Waals surface area contributed by atoms with Crippen molar-refractivity contribution >= 4 is 12.1 Å². The monoisotopic (exact) mass is 202 g/mol. The van der Waals surface area contributed by atoms with Gasteiger partial charge in [0.2, 0.25) is 0 Å². The Morgan fingerprint density at radius 1 is 1.43 bits per heavy atom. The van der Waals surface area contributed by atoms with Gasteiger partial charge in [0, 0.05) is 13.1 Å². The van der Waals surface area contributed by atoms with E-state index < -0.39 is 12.1 Å². The Bertz CT molecular complexity index is 206. The lowest BCUT2D eigenvalue weighted by molar-refractivity contribution is -0.135. The number of amides is 1. The van der Waals surface area contributed by atoms with E-state index in [4.69, 9.17) is 5.11 Å². The second kappa shape index (κ2) is 8.06. The number of rotatable bonds is 7. The molecule has 0 rings (SSSR count). The highest BCUT2D eigenvalue weighted by Gasteiger charge is 1.99. The first kappa shape index (κ1) is 12.4. The molecule has 0 radical (unpaired) electrons. The number of nitrogens with one attached hydrogen (secondary N) is 2. The van der Waals surface area contributed by atoms with Crippen LogP contribution in [0, 0.1) is 0 Å². The van der Waals surface area contributed by atoms with Crippen LogP contribution in [-0.4, -0.2) is 43.4 Å². The van der Waals surface area contributed by atoms with E-state index in [0.29, 0.717) is 13.1 Å². The van der Waals surface area contributed by atoms with Crippen LogP contribution in [0.25, 0.3) is 0 Å². The van der Waals surface area contributed by atoms with E-state index in [-0.39, 0.29) is 13.2 Å². The number of carboxylic acid groups (broad SMARTS) is 1. The van der Waals surface area contributed by atoms with Crippen molar-refractivity contribution in [1.29, 1.82) is 0 Å². The fraction of sp³-hybridized carbons (Fsp3) is 0.500. The summed E-state index contributed by atoms with van der Waals surface area (Å²) in [6.45, 7) is 4.13. The summed E-state index contributed by atoms with van der Waals surface area (Å²) in [7, 11) is 0. The molecule has 0 saturated carbocycles. The zero-order valence-corrected chi connectivity index (χ0v) is 7.78. The molecule has 0 heterocycles. The third-order valence-electron chi connectivity index (χ3n) is 1.18. The normalized spacial score (nSPS) is 9.14. The predicted molar refractivity (Wildman–Crippen MR) is 50.1 cm³/mol. The van der Waals surface area contributed by atoms with Crippen molar-refractivity contribution in [3.63, 3.8) is 0 Å². The van der Waals surface area contributed by atoms with E-state index in [0.717, 1.165) is 0 Å². The molecule has 6 heteroatoms. The average molecular weight is 202 g/mol. The molecule has 1 amide bonds. The Hall–Kier alpha value is -1.56. The predicted octanol–water partition coefficient (Wildman–Crippen LogP) is -0.427. The number of aliphatic carboxylic acids is 1. The molecule has 0 aliphatic heterocycles. The first-order chi connectivity index (χ1) is 6.66. The Labute approximate surface area is 81.9 Å². The van der Waals surface area contributed by atoms with Gasteiger partial charge in [0.15, 0.2) is 0 Å². The van der Waals surface area contributed by atoms with Crippen molar-refractivity contribution in [1.82, 2.24) is 10.6 Å². The largest absolute Gasteiger partial charge is 0.480 e. The summed E-state index contributed by atoms with van der Waals surface area (Å²) in [6, 6.07) is 0. The van der Waals surface area contributed by atoms with Gasteiger partial charge in [-0.2, -0.15) is 0 Å². The lowest BCUT2D eigenvalue weighted by Gasteiger charge is -2.04. The van der Waals surface area contributed by atoms with Crippen molar-refractivity contribution in [2.24, 2.45) is 0 Å². The number of carboxylic acids is 1. The van der Waals surface area contributed by atoms with Crippen LogP contribution in [0.4, 0.5) is 4.79 Å². The van der Waals surface area contributed by atoms with Gasteiger partial charge >= 0.3 is 12.1 Å². The van der Waals surface area contributed by atoms with Crippen LogP contribution < -0.4 is 10.6 Å². The quantitative estimate of drug-likeness (QED) is 0.385. The Morgan fingerprint density at radius 3 is 2.71 bits per heavy atom. The maximum atomic E-state index is 10.8. The summed E-state index contributed by atoms with van der Waals surface area (Å²) >= 11 is 0. The Morgan fingerprint density at radius 2 is 2.14 bits per heavy atom. The van der Waals surface area contributed by atoms with Gasteiger partial charge in [0.05, 0.1) is 6.54 Å². The molecule has 0 saturated heterocycles. The zero-order chi connectivity index (χ0) is 10.8. The van der Waals surface area contributed by atoms with Crippen LogP contribution >= 0.6 is 0 Å². The van der Waals surface area contributed by atoms with Gasteiger partial charge in [0.25, 0.3) is 0 Å². The molecule has 0 atom stereocenters. The van der Waals surface area contributed by atoms with Gasteiger partial charge in [-0.3, -0.25) is 4.79 Å². The second-order valence-corrected chi connectivity index (χ2v) is 2.38. The van der Waals surface area contributed by atoms with E-state index in [2.05, 4.69) is 21.9 Å². The topological polar surface area (TPSA) is 87.7 Å².